The number of likely N-dealkylation sites (tertiary alicyclic amines) is 1. The van der Waals surface area contributed by atoms with Crippen LogP contribution in [0.15, 0.2) is 30.3 Å². The molecule has 17 heavy (non-hydrogen) atoms. The molecule has 0 radical (unpaired) electrons. The Balaban J connectivity index is 2.26. The first-order valence-electron chi connectivity index (χ1n) is 6.24. The second-order valence-corrected chi connectivity index (χ2v) is 4.83. The molecule has 2 unspecified atom stereocenters. The van der Waals surface area contributed by atoms with Gasteiger partial charge in [-0.3, -0.25) is 4.79 Å². The number of hydrogen-bond acceptors (Lipinski definition) is 2. The van der Waals surface area contributed by atoms with E-state index in [2.05, 4.69) is 11.9 Å². The van der Waals surface area contributed by atoms with Crippen molar-refractivity contribution in [3.63, 3.8) is 0 Å². The Morgan fingerprint density at radius 3 is 2.65 bits per heavy atom. The summed E-state index contributed by atoms with van der Waals surface area (Å²) in [5.74, 6) is -0.392. The van der Waals surface area contributed by atoms with Crippen LogP contribution in [0.2, 0.25) is 0 Å². The second kappa shape index (κ2) is 5.32. The summed E-state index contributed by atoms with van der Waals surface area (Å²) in [5, 5.41) is 0. The molecule has 92 valence electrons. The van der Waals surface area contributed by atoms with E-state index in [-0.39, 0.29) is 17.9 Å². The first-order valence-corrected chi connectivity index (χ1v) is 6.24. The number of carbonyl (C=O) groups excluding carboxylic acids is 1. The van der Waals surface area contributed by atoms with E-state index in [9.17, 15) is 4.79 Å². The normalized spacial score (nSPS) is 23.2. The van der Waals surface area contributed by atoms with Gasteiger partial charge in [0.25, 0.3) is 0 Å². The maximum absolute atomic E-state index is 11.7. The highest BCUT2D eigenvalue weighted by molar-refractivity contribution is 5.82. The molecule has 0 aliphatic carbocycles. The zero-order valence-corrected chi connectivity index (χ0v) is 10.3. The van der Waals surface area contributed by atoms with Crippen LogP contribution in [0.25, 0.3) is 0 Å². The highest BCUT2D eigenvalue weighted by atomic mass is 16.1. The molecular formula is C14H20N2O. The molecule has 1 aromatic rings. The van der Waals surface area contributed by atoms with Crippen molar-refractivity contribution < 1.29 is 4.79 Å². The van der Waals surface area contributed by atoms with Gasteiger partial charge in [-0.1, -0.05) is 36.8 Å². The van der Waals surface area contributed by atoms with Gasteiger partial charge in [-0.05, 0) is 32.0 Å². The maximum Gasteiger partial charge on any atom is 0.226 e. The largest absolute Gasteiger partial charge is 0.369 e. The molecule has 2 rings (SSSR count). The number of primary amides is 1. The van der Waals surface area contributed by atoms with Gasteiger partial charge < -0.3 is 10.6 Å². The van der Waals surface area contributed by atoms with Crippen LogP contribution in [-0.4, -0.2) is 30.4 Å². The predicted molar refractivity (Wildman–Crippen MR) is 68.6 cm³/mol. The molecule has 0 bridgehead atoms. The van der Waals surface area contributed by atoms with Crippen LogP contribution in [0.5, 0.6) is 0 Å². The van der Waals surface area contributed by atoms with Gasteiger partial charge in [0.1, 0.15) is 0 Å². The average molecular weight is 232 g/mol. The summed E-state index contributed by atoms with van der Waals surface area (Å²) in [5.41, 5.74) is 6.64. The van der Waals surface area contributed by atoms with Crippen molar-refractivity contribution in [3.8, 4) is 0 Å². The van der Waals surface area contributed by atoms with Gasteiger partial charge in [0.15, 0.2) is 0 Å². The molecule has 1 fully saturated rings. The number of likely N-dealkylation sites (N-methyl/N-ethyl adjacent to an activating group) is 1. The number of amides is 1. The number of benzene rings is 1. The third-order valence-electron chi connectivity index (χ3n) is 3.68. The highest BCUT2D eigenvalue weighted by Crippen LogP contribution is 2.29. The molecule has 1 saturated heterocycles. The number of carbonyl (C=O) groups is 1. The molecule has 2 N–H and O–H groups in total. The summed E-state index contributed by atoms with van der Waals surface area (Å²) in [4.78, 5) is 14.0. The zero-order valence-electron chi connectivity index (χ0n) is 10.3. The second-order valence-electron chi connectivity index (χ2n) is 4.83. The monoisotopic (exact) mass is 232 g/mol. The van der Waals surface area contributed by atoms with Crippen molar-refractivity contribution in [1.29, 1.82) is 0 Å². The number of hydrogen-bond donors (Lipinski definition) is 1. The zero-order chi connectivity index (χ0) is 12.3. The first-order chi connectivity index (χ1) is 8.20. The van der Waals surface area contributed by atoms with Crippen LogP contribution in [-0.2, 0) is 4.79 Å². The van der Waals surface area contributed by atoms with Crippen molar-refractivity contribution in [1.82, 2.24) is 4.90 Å². The van der Waals surface area contributed by atoms with E-state index in [1.807, 2.05) is 30.3 Å². The van der Waals surface area contributed by atoms with E-state index < -0.39 is 0 Å². The molecule has 1 heterocycles. The van der Waals surface area contributed by atoms with E-state index in [1.54, 1.807) is 0 Å². The quantitative estimate of drug-likeness (QED) is 0.863. The predicted octanol–water partition coefficient (Wildman–Crippen LogP) is 1.74. The Bertz CT molecular complexity index is 377. The Kier molecular flexibility index (Phi) is 3.79. The lowest BCUT2D eigenvalue weighted by atomic mass is 9.85. The smallest absolute Gasteiger partial charge is 0.226 e. The lowest BCUT2D eigenvalue weighted by Crippen LogP contribution is -2.44. The van der Waals surface area contributed by atoms with Crippen LogP contribution >= 0.6 is 0 Å². The van der Waals surface area contributed by atoms with E-state index >= 15 is 0 Å². The van der Waals surface area contributed by atoms with Crippen LogP contribution in [0.4, 0.5) is 0 Å². The molecule has 1 amide bonds. The van der Waals surface area contributed by atoms with Crippen molar-refractivity contribution in [2.24, 2.45) is 5.73 Å². The van der Waals surface area contributed by atoms with E-state index in [0.717, 1.165) is 18.5 Å². The van der Waals surface area contributed by atoms with E-state index in [4.69, 9.17) is 5.73 Å². The summed E-state index contributed by atoms with van der Waals surface area (Å²) >= 11 is 0. The minimum Gasteiger partial charge on any atom is -0.369 e. The summed E-state index contributed by atoms with van der Waals surface area (Å²) in [6.07, 6.45) is 3.46. The molecule has 0 saturated carbocycles. The molecule has 0 spiro atoms. The lowest BCUT2D eigenvalue weighted by molar-refractivity contribution is -0.121. The third kappa shape index (κ3) is 2.67. The van der Waals surface area contributed by atoms with Gasteiger partial charge in [0.05, 0.1) is 5.92 Å². The average Bonchev–Trinajstić information content (AvgIpc) is 2.33. The fraction of sp³-hybridized carbons (Fsp3) is 0.500. The molecular weight excluding hydrogens is 212 g/mol. The number of nitrogens with two attached hydrogens (primary N) is 1. The summed E-state index contributed by atoms with van der Waals surface area (Å²) < 4.78 is 0. The molecule has 2 atom stereocenters. The van der Waals surface area contributed by atoms with Gasteiger partial charge >= 0.3 is 0 Å². The van der Waals surface area contributed by atoms with Gasteiger partial charge in [0, 0.05) is 6.04 Å². The van der Waals surface area contributed by atoms with Gasteiger partial charge in [0.2, 0.25) is 5.91 Å². The van der Waals surface area contributed by atoms with Crippen molar-refractivity contribution in [2.75, 3.05) is 13.6 Å². The maximum atomic E-state index is 11.7. The van der Waals surface area contributed by atoms with Crippen molar-refractivity contribution >= 4 is 5.91 Å². The van der Waals surface area contributed by atoms with Crippen molar-refractivity contribution in [3.05, 3.63) is 35.9 Å². The molecule has 3 nitrogen and oxygen atoms in total. The number of rotatable bonds is 3. The van der Waals surface area contributed by atoms with Crippen LogP contribution < -0.4 is 5.73 Å². The molecule has 0 aromatic heterocycles. The van der Waals surface area contributed by atoms with Crippen molar-refractivity contribution in [2.45, 2.75) is 31.2 Å². The molecule has 1 aromatic carbocycles. The fourth-order valence-electron chi connectivity index (χ4n) is 2.76. The van der Waals surface area contributed by atoms with Gasteiger partial charge in [-0.25, -0.2) is 0 Å². The standard InChI is InChI=1S/C14H20N2O/c1-16-10-6-5-9-12(16)13(14(15)17)11-7-3-2-4-8-11/h2-4,7-8,12-13H,5-6,9-10H2,1H3,(H2,15,17). The minimum absolute atomic E-state index is 0.179. The fourth-order valence-corrected chi connectivity index (χ4v) is 2.76. The third-order valence-corrected chi connectivity index (χ3v) is 3.68. The Labute approximate surface area is 103 Å². The molecule has 3 heteroatoms. The number of nitrogens with zero attached hydrogens (tertiary/aromatic N) is 1. The molecule has 1 aliphatic rings. The lowest BCUT2D eigenvalue weighted by Gasteiger charge is -2.37. The van der Waals surface area contributed by atoms with Gasteiger partial charge in [-0.15, -0.1) is 0 Å². The number of piperidine rings is 1. The highest BCUT2D eigenvalue weighted by Gasteiger charge is 2.32. The minimum atomic E-state index is -0.213. The summed E-state index contributed by atoms with van der Waals surface area (Å²) in [6.45, 7) is 1.06. The molecule has 1 aliphatic heterocycles. The first kappa shape index (κ1) is 12.1. The SMILES string of the molecule is CN1CCCCC1C(C(N)=O)c1ccccc1. The van der Waals surface area contributed by atoms with E-state index in [0.29, 0.717) is 0 Å². The topological polar surface area (TPSA) is 46.3 Å². The van der Waals surface area contributed by atoms with E-state index in [1.165, 1.54) is 12.8 Å². The van der Waals surface area contributed by atoms with Gasteiger partial charge in [-0.2, -0.15) is 0 Å². The van der Waals surface area contributed by atoms with Crippen LogP contribution in [0, 0.1) is 0 Å². The Hall–Kier alpha value is -1.35. The Morgan fingerprint density at radius 1 is 1.35 bits per heavy atom. The summed E-state index contributed by atoms with van der Waals surface area (Å²) in [6, 6.07) is 10.1. The van der Waals surface area contributed by atoms with Crippen LogP contribution in [0.1, 0.15) is 30.7 Å². The van der Waals surface area contributed by atoms with Crippen LogP contribution in [0.3, 0.4) is 0 Å². The Morgan fingerprint density at radius 2 is 2.06 bits per heavy atom. The summed E-state index contributed by atoms with van der Waals surface area (Å²) in [7, 11) is 2.09.